The number of sulfonamides is 1. The monoisotopic (exact) mass is 878 g/mol. The normalized spacial score (nSPS) is 14.1. The number of methoxy groups -OCH3 is 1. The van der Waals surface area contributed by atoms with E-state index in [4.69, 9.17) is 21.1 Å². The third kappa shape index (κ3) is 8.56. The van der Waals surface area contributed by atoms with Gasteiger partial charge in [0, 0.05) is 19.2 Å². The summed E-state index contributed by atoms with van der Waals surface area (Å²) in [5, 5.41) is 20.4. The van der Waals surface area contributed by atoms with Gasteiger partial charge in [-0.05, 0) is 114 Å². The summed E-state index contributed by atoms with van der Waals surface area (Å²) < 4.78 is 41.7. The molecule has 0 saturated carbocycles. The first-order chi connectivity index (χ1) is 25.4. The highest BCUT2D eigenvalue weighted by atomic mass is 79.9. The predicted molar refractivity (Wildman–Crippen MR) is 206 cm³/mol. The number of fused-ring (bicyclic) bond motifs is 1. The van der Waals surface area contributed by atoms with E-state index in [0.717, 1.165) is 57.3 Å². The van der Waals surface area contributed by atoms with Crippen LogP contribution in [0.1, 0.15) is 27.8 Å². The van der Waals surface area contributed by atoms with E-state index in [1.165, 1.54) is 0 Å². The summed E-state index contributed by atoms with van der Waals surface area (Å²) >= 11 is 13.3. The molecule has 15 heteroatoms. The van der Waals surface area contributed by atoms with Crippen LogP contribution in [-0.2, 0) is 40.9 Å². The molecule has 0 radical (unpaired) electrons. The van der Waals surface area contributed by atoms with Crippen LogP contribution in [0.15, 0.2) is 111 Å². The molecular weight excluding hydrogens is 852 g/mol. The maximum absolute atomic E-state index is 13.8. The Morgan fingerprint density at radius 3 is 2.26 bits per heavy atom. The Balaban J connectivity index is 1.25. The number of hydrogen-bond acceptors (Lipinski definition) is 9. The van der Waals surface area contributed by atoms with Crippen molar-refractivity contribution in [2.45, 2.75) is 37.1 Å². The molecule has 0 unspecified atom stereocenters. The van der Waals surface area contributed by atoms with Crippen LogP contribution in [0.5, 0.6) is 11.5 Å². The number of hydrogen-bond donors (Lipinski definition) is 1. The van der Waals surface area contributed by atoms with Gasteiger partial charge in [0.1, 0.15) is 23.1 Å². The standard InChI is InChI=1S/C38H29Br2ClN4O7S/c1-51-29-12-10-27(11-13-29)26-8-6-25(7-9-26)22-52-37-32(39)16-28-17-35(38(46)43-53(49,50)30-14-15-33(41)34(18-30)45(47)48)44(21-31(28)36(37)40)20-24-4-2-23(19-42)3-5-24/h2-16,18,35H,17,20-22H2,1H3,(H,43,46)/t35-/m0/s1. The van der Waals surface area contributed by atoms with Gasteiger partial charge in [-0.2, -0.15) is 5.26 Å². The zero-order valence-electron chi connectivity index (χ0n) is 27.9. The van der Waals surface area contributed by atoms with E-state index in [0.29, 0.717) is 20.3 Å². The van der Waals surface area contributed by atoms with Crippen molar-refractivity contribution in [3.8, 4) is 28.7 Å². The second-order valence-electron chi connectivity index (χ2n) is 12.1. The van der Waals surface area contributed by atoms with Crippen molar-refractivity contribution in [2.24, 2.45) is 0 Å². The zero-order valence-corrected chi connectivity index (χ0v) is 32.6. The predicted octanol–water partition coefficient (Wildman–Crippen LogP) is 8.33. The second-order valence-corrected chi connectivity index (χ2v) is 15.9. The second kappa shape index (κ2) is 16.1. The summed E-state index contributed by atoms with van der Waals surface area (Å²) in [6.45, 7) is 0.759. The number of nitrogens with one attached hydrogen (secondary N) is 1. The third-order valence-electron chi connectivity index (χ3n) is 8.78. The number of carbonyl (C=O) groups is 1. The molecule has 11 nitrogen and oxygen atoms in total. The minimum absolute atomic E-state index is 0.137. The summed E-state index contributed by atoms with van der Waals surface area (Å²) in [5.74, 6) is 0.539. The highest BCUT2D eigenvalue weighted by molar-refractivity contribution is 9.11. The van der Waals surface area contributed by atoms with E-state index in [1.54, 1.807) is 31.4 Å². The van der Waals surface area contributed by atoms with E-state index in [-0.39, 0.29) is 31.1 Å². The van der Waals surface area contributed by atoms with Crippen LogP contribution in [0.2, 0.25) is 5.02 Å². The Morgan fingerprint density at radius 1 is 1.00 bits per heavy atom. The molecule has 1 N–H and O–H groups in total. The lowest BCUT2D eigenvalue weighted by molar-refractivity contribution is -0.384. The van der Waals surface area contributed by atoms with Crippen molar-refractivity contribution in [1.29, 1.82) is 5.26 Å². The molecule has 5 aromatic rings. The van der Waals surface area contributed by atoms with Gasteiger partial charge >= 0.3 is 0 Å². The summed E-state index contributed by atoms with van der Waals surface area (Å²) in [6.07, 6.45) is 0.137. The Labute approximate surface area is 327 Å². The number of ether oxygens (including phenoxy) is 2. The molecule has 0 aliphatic carbocycles. The molecule has 0 aromatic heterocycles. The molecule has 6 rings (SSSR count). The van der Waals surface area contributed by atoms with Crippen molar-refractivity contribution in [1.82, 2.24) is 9.62 Å². The first-order valence-corrected chi connectivity index (χ1v) is 19.4. The van der Waals surface area contributed by atoms with E-state index >= 15 is 0 Å². The molecule has 1 heterocycles. The maximum Gasteiger partial charge on any atom is 0.289 e. The zero-order chi connectivity index (χ0) is 37.9. The average Bonchev–Trinajstić information content (AvgIpc) is 3.15. The molecule has 0 bridgehead atoms. The minimum Gasteiger partial charge on any atom is -0.497 e. The summed E-state index contributed by atoms with van der Waals surface area (Å²) in [7, 11) is -2.88. The van der Waals surface area contributed by atoms with Gasteiger partial charge in [0.25, 0.3) is 21.6 Å². The van der Waals surface area contributed by atoms with Gasteiger partial charge in [-0.15, -0.1) is 0 Å². The Hall–Kier alpha value is -4.78. The molecule has 270 valence electrons. The molecule has 0 spiro atoms. The van der Waals surface area contributed by atoms with Crippen molar-refractivity contribution in [2.75, 3.05) is 7.11 Å². The summed E-state index contributed by atoms with van der Waals surface area (Å²) in [4.78, 5) is 25.8. The van der Waals surface area contributed by atoms with Crippen LogP contribution in [0.3, 0.4) is 0 Å². The van der Waals surface area contributed by atoms with Crippen LogP contribution < -0.4 is 14.2 Å². The van der Waals surface area contributed by atoms with Crippen LogP contribution in [-0.4, -0.2) is 37.3 Å². The minimum atomic E-state index is -4.51. The van der Waals surface area contributed by atoms with Gasteiger partial charge in [0.2, 0.25) is 0 Å². The quantitative estimate of drug-likeness (QED) is 0.102. The molecule has 1 atom stereocenters. The SMILES string of the molecule is COc1ccc(-c2ccc(COc3c(Br)cc4c(c3Br)CN(Cc3ccc(C#N)cc3)[C@H](C(=O)NS(=O)(=O)c3ccc(Cl)c([N+](=O)[O-])c3)C4)cc2)cc1. The number of nitro groups is 1. The highest BCUT2D eigenvalue weighted by Crippen LogP contribution is 2.42. The smallest absolute Gasteiger partial charge is 0.289 e. The molecule has 0 saturated heterocycles. The number of carbonyl (C=O) groups excluding carboxylic acids is 1. The van der Waals surface area contributed by atoms with E-state index < -0.39 is 37.5 Å². The van der Waals surface area contributed by atoms with Crippen molar-refractivity contribution in [3.63, 3.8) is 0 Å². The number of rotatable bonds is 11. The molecule has 0 fully saturated rings. The highest BCUT2D eigenvalue weighted by Gasteiger charge is 2.36. The fourth-order valence-electron chi connectivity index (χ4n) is 5.96. The fourth-order valence-corrected chi connectivity index (χ4v) is 8.74. The largest absolute Gasteiger partial charge is 0.497 e. The van der Waals surface area contributed by atoms with E-state index in [1.807, 2.05) is 59.5 Å². The molecule has 1 aliphatic rings. The lowest BCUT2D eigenvalue weighted by Gasteiger charge is -2.37. The maximum atomic E-state index is 13.8. The topological polar surface area (TPSA) is 152 Å². The van der Waals surface area contributed by atoms with Crippen molar-refractivity contribution in [3.05, 3.63) is 149 Å². The summed E-state index contributed by atoms with van der Waals surface area (Å²) in [5.41, 5.74) is 5.37. The van der Waals surface area contributed by atoms with Crippen LogP contribution in [0.25, 0.3) is 11.1 Å². The number of nitrogens with zero attached hydrogens (tertiary/aromatic N) is 3. The average molecular weight is 881 g/mol. The Kier molecular flexibility index (Phi) is 11.5. The lowest BCUT2D eigenvalue weighted by Crippen LogP contribution is -2.51. The van der Waals surface area contributed by atoms with Crippen LogP contribution in [0.4, 0.5) is 5.69 Å². The number of halogens is 3. The van der Waals surface area contributed by atoms with Gasteiger partial charge < -0.3 is 9.47 Å². The lowest BCUT2D eigenvalue weighted by atomic mass is 9.92. The number of nitro benzene ring substituents is 1. The van der Waals surface area contributed by atoms with E-state index in [2.05, 4.69) is 42.7 Å². The van der Waals surface area contributed by atoms with Crippen molar-refractivity contribution < 1.29 is 27.6 Å². The third-order valence-corrected chi connectivity index (χ3v) is 11.9. The van der Waals surface area contributed by atoms with E-state index in [9.17, 15) is 28.6 Å². The molecule has 1 amide bonds. The van der Waals surface area contributed by atoms with Crippen LogP contribution >= 0.6 is 43.5 Å². The number of amides is 1. The Morgan fingerprint density at radius 2 is 1.64 bits per heavy atom. The van der Waals surface area contributed by atoms with Gasteiger partial charge in [0.15, 0.2) is 0 Å². The van der Waals surface area contributed by atoms with Crippen LogP contribution in [0, 0.1) is 21.4 Å². The first-order valence-electron chi connectivity index (χ1n) is 16.0. The first kappa shape index (κ1) is 38.0. The number of nitriles is 1. The van der Waals surface area contributed by atoms with Crippen molar-refractivity contribution >= 4 is 65.1 Å². The molecular formula is C38H29Br2ClN4O7S. The van der Waals surface area contributed by atoms with Gasteiger partial charge in [0.05, 0.1) is 43.5 Å². The Bertz CT molecular complexity index is 2350. The molecule has 1 aliphatic heterocycles. The number of benzene rings is 5. The molecule has 53 heavy (non-hydrogen) atoms. The summed E-state index contributed by atoms with van der Waals surface area (Å²) in [6, 6.07) is 28.8. The van der Waals surface area contributed by atoms with Gasteiger partial charge in [-0.1, -0.05) is 60.1 Å². The van der Waals surface area contributed by atoms with Gasteiger partial charge in [-0.25, -0.2) is 13.1 Å². The fraction of sp³-hybridized carbons (Fsp3) is 0.158. The molecule has 5 aromatic carbocycles. The van der Waals surface area contributed by atoms with Gasteiger partial charge in [-0.3, -0.25) is 19.8 Å².